The minimum atomic E-state index is -3.66. The van der Waals surface area contributed by atoms with E-state index < -0.39 is 16.1 Å². The number of nitrogens with zero attached hydrogens (tertiary/aromatic N) is 1. The zero-order valence-corrected chi connectivity index (χ0v) is 15.1. The fourth-order valence-electron chi connectivity index (χ4n) is 2.58. The van der Waals surface area contributed by atoms with Crippen molar-refractivity contribution in [2.45, 2.75) is 37.5 Å². The average molecular weight is 368 g/mol. The quantitative estimate of drug-likeness (QED) is 0.587. The molecule has 3 amide bonds. The van der Waals surface area contributed by atoms with E-state index in [1.165, 1.54) is 17.0 Å². The summed E-state index contributed by atoms with van der Waals surface area (Å²) in [5.41, 5.74) is 6.65. The van der Waals surface area contributed by atoms with Gasteiger partial charge in [-0.25, -0.2) is 17.9 Å². The Labute approximate surface area is 147 Å². The van der Waals surface area contributed by atoms with Gasteiger partial charge >= 0.3 is 6.03 Å². The molecule has 25 heavy (non-hydrogen) atoms. The summed E-state index contributed by atoms with van der Waals surface area (Å²) >= 11 is 0. The molecular formula is C16H24N4O4S. The Morgan fingerprint density at radius 1 is 1.24 bits per heavy atom. The number of sulfonamides is 1. The molecule has 2 rings (SSSR count). The number of anilines is 1. The van der Waals surface area contributed by atoms with Crippen molar-refractivity contribution in [1.29, 1.82) is 0 Å². The van der Waals surface area contributed by atoms with Gasteiger partial charge in [0.2, 0.25) is 15.9 Å². The van der Waals surface area contributed by atoms with Gasteiger partial charge in [-0.05, 0) is 44.0 Å². The van der Waals surface area contributed by atoms with E-state index in [-0.39, 0.29) is 23.8 Å². The predicted molar refractivity (Wildman–Crippen MR) is 94.8 cm³/mol. The predicted octanol–water partition coefficient (Wildman–Crippen LogP) is 0.849. The van der Waals surface area contributed by atoms with E-state index in [0.29, 0.717) is 25.2 Å². The van der Waals surface area contributed by atoms with E-state index in [1.807, 2.05) is 0 Å². The lowest BCUT2D eigenvalue weighted by Gasteiger charge is -2.28. The van der Waals surface area contributed by atoms with E-state index in [2.05, 4.69) is 10.0 Å². The summed E-state index contributed by atoms with van der Waals surface area (Å²) in [5, 5.41) is 2.24. The second kappa shape index (κ2) is 8.41. The van der Waals surface area contributed by atoms with Crippen LogP contribution >= 0.6 is 0 Å². The molecule has 138 valence electrons. The van der Waals surface area contributed by atoms with Gasteiger partial charge in [-0.15, -0.1) is 0 Å². The van der Waals surface area contributed by atoms with Crippen LogP contribution in [0.4, 0.5) is 10.5 Å². The SMILES string of the molecule is Cc1ccc(S(=O)(=O)NCCCCCN)cc1N1CCC(=O)NC1=O. The summed E-state index contributed by atoms with van der Waals surface area (Å²) in [5.74, 6) is -0.332. The molecule has 0 radical (unpaired) electrons. The van der Waals surface area contributed by atoms with Crippen LogP contribution < -0.4 is 20.7 Å². The van der Waals surface area contributed by atoms with Crippen molar-refractivity contribution in [2.75, 3.05) is 24.5 Å². The highest BCUT2D eigenvalue weighted by Gasteiger charge is 2.26. The number of benzene rings is 1. The minimum absolute atomic E-state index is 0.0941. The molecule has 9 heteroatoms. The Kier molecular flexibility index (Phi) is 6.51. The number of nitrogens with one attached hydrogen (secondary N) is 2. The Balaban J connectivity index is 2.14. The Bertz CT molecular complexity index is 749. The van der Waals surface area contributed by atoms with Crippen molar-refractivity contribution in [3.63, 3.8) is 0 Å². The molecular weight excluding hydrogens is 344 g/mol. The molecule has 0 atom stereocenters. The first-order chi connectivity index (χ1) is 11.8. The second-order valence-electron chi connectivity index (χ2n) is 5.95. The van der Waals surface area contributed by atoms with E-state index in [4.69, 9.17) is 5.73 Å². The summed E-state index contributed by atoms with van der Waals surface area (Å²) in [4.78, 5) is 24.8. The van der Waals surface area contributed by atoms with Crippen molar-refractivity contribution in [3.05, 3.63) is 23.8 Å². The number of aryl methyl sites for hydroxylation is 1. The fourth-order valence-corrected chi connectivity index (χ4v) is 3.67. The summed E-state index contributed by atoms with van der Waals surface area (Å²) in [6.45, 7) is 2.94. The first-order valence-corrected chi connectivity index (χ1v) is 9.75. The van der Waals surface area contributed by atoms with Crippen molar-refractivity contribution in [3.8, 4) is 0 Å². The lowest BCUT2D eigenvalue weighted by molar-refractivity contribution is -0.120. The number of carbonyl (C=O) groups is 2. The van der Waals surface area contributed by atoms with Gasteiger partial charge in [-0.3, -0.25) is 15.0 Å². The highest BCUT2D eigenvalue weighted by Crippen LogP contribution is 2.25. The molecule has 1 aromatic rings. The highest BCUT2D eigenvalue weighted by molar-refractivity contribution is 7.89. The molecule has 1 aromatic carbocycles. The maximum atomic E-state index is 12.4. The van der Waals surface area contributed by atoms with E-state index >= 15 is 0 Å². The van der Waals surface area contributed by atoms with Crippen LogP contribution in [0.1, 0.15) is 31.2 Å². The molecule has 1 aliphatic heterocycles. The van der Waals surface area contributed by atoms with Gasteiger partial charge < -0.3 is 5.73 Å². The molecule has 1 heterocycles. The largest absolute Gasteiger partial charge is 0.330 e. The average Bonchev–Trinajstić information content (AvgIpc) is 2.55. The fraction of sp³-hybridized carbons (Fsp3) is 0.500. The minimum Gasteiger partial charge on any atom is -0.330 e. The van der Waals surface area contributed by atoms with Crippen LogP contribution in [0.5, 0.6) is 0 Å². The number of urea groups is 1. The smallest absolute Gasteiger partial charge is 0.328 e. The molecule has 1 aliphatic rings. The molecule has 4 N–H and O–H groups in total. The van der Waals surface area contributed by atoms with Crippen LogP contribution in [0.25, 0.3) is 0 Å². The molecule has 1 fully saturated rings. The summed E-state index contributed by atoms with van der Waals surface area (Å²) in [7, 11) is -3.66. The van der Waals surface area contributed by atoms with Crippen molar-refractivity contribution >= 4 is 27.6 Å². The molecule has 0 bridgehead atoms. The number of amides is 3. The first kappa shape index (κ1) is 19.4. The van der Waals surface area contributed by atoms with E-state index in [9.17, 15) is 18.0 Å². The highest BCUT2D eigenvalue weighted by atomic mass is 32.2. The number of unbranched alkanes of at least 4 members (excludes halogenated alkanes) is 2. The van der Waals surface area contributed by atoms with Crippen molar-refractivity contribution in [1.82, 2.24) is 10.0 Å². The zero-order chi connectivity index (χ0) is 18.4. The summed E-state index contributed by atoms with van der Waals surface area (Å²) in [6, 6.07) is 4.09. The van der Waals surface area contributed by atoms with Crippen LogP contribution in [0.15, 0.2) is 23.1 Å². The molecule has 0 aromatic heterocycles. The van der Waals surface area contributed by atoms with Gasteiger partial charge in [0.05, 0.1) is 4.90 Å². The lowest BCUT2D eigenvalue weighted by Crippen LogP contribution is -2.49. The maximum absolute atomic E-state index is 12.4. The third-order valence-electron chi connectivity index (χ3n) is 4.01. The number of carbonyl (C=O) groups excluding carboxylic acids is 2. The molecule has 0 aliphatic carbocycles. The van der Waals surface area contributed by atoms with Crippen LogP contribution in [0.2, 0.25) is 0 Å². The van der Waals surface area contributed by atoms with E-state index in [1.54, 1.807) is 13.0 Å². The lowest BCUT2D eigenvalue weighted by atomic mass is 10.1. The molecule has 8 nitrogen and oxygen atoms in total. The van der Waals surface area contributed by atoms with Crippen LogP contribution in [-0.4, -0.2) is 40.0 Å². The number of hydrogen-bond donors (Lipinski definition) is 3. The van der Waals surface area contributed by atoms with Gasteiger partial charge in [-0.2, -0.15) is 0 Å². The van der Waals surface area contributed by atoms with Gasteiger partial charge in [0.1, 0.15) is 0 Å². The van der Waals surface area contributed by atoms with Crippen molar-refractivity contribution in [2.24, 2.45) is 5.73 Å². The van der Waals surface area contributed by atoms with E-state index in [0.717, 1.165) is 18.4 Å². The number of imide groups is 1. The van der Waals surface area contributed by atoms with Gasteiger partial charge in [0, 0.05) is 25.2 Å². The van der Waals surface area contributed by atoms with Crippen LogP contribution in [0.3, 0.4) is 0 Å². The number of rotatable bonds is 8. The van der Waals surface area contributed by atoms with Crippen molar-refractivity contribution < 1.29 is 18.0 Å². The molecule has 0 saturated carbocycles. The monoisotopic (exact) mass is 368 g/mol. The summed E-state index contributed by atoms with van der Waals surface area (Å²) in [6.07, 6.45) is 2.62. The topological polar surface area (TPSA) is 122 Å². The van der Waals surface area contributed by atoms with Gasteiger partial charge in [0.25, 0.3) is 0 Å². The maximum Gasteiger partial charge on any atom is 0.328 e. The van der Waals surface area contributed by atoms with Crippen LogP contribution in [0, 0.1) is 6.92 Å². The third kappa shape index (κ3) is 5.00. The Hall–Kier alpha value is -1.97. The molecule has 0 unspecified atom stereocenters. The van der Waals surface area contributed by atoms with Crippen LogP contribution in [-0.2, 0) is 14.8 Å². The summed E-state index contributed by atoms with van der Waals surface area (Å²) < 4.78 is 27.4. The molecule has 1 saturated heterocycles. The third-order valence-corrected chi connectivity index (χ3v) is 5.47. The Morgan fingerprint density at radius 3 is 2.68 bits per heavy atom. The second-order valence-corrected chi connectivity index (χ2v) is 7.72. The molecule has 0 spiro atoms. The standard InChI is InChI=1S/C16H24N4O4S/c1-12-5-6-13(25(23,24)18-9-4-2-3-8-17)11-14(12)20-10-7-15(21)19-16(20)22/h5-6,11,18H,2-4,7-10,17H2,1H3,(H,19,21,22). The first-order valence-electron chi connectivity index (χ1n) is 8.27. The Morgan fingerprint density at radius 2 is 2.00 bits per heavy atom. The van der Waals surface area contributed by atoms with Gasteiger partial charge in [-0.1, -0.05) is 12.5 Å². The normalized spacial score (nSPS) is 15.4. The van der Waals surface area contributed by atoms with Gasteiger partial charge in [0.15, 0.2) is 0 Å². The number of hydrogen-bond acceptors (Lipinski definition) is 5. The zero-order valence-electron chi connectivity index (χ0n) is 14.2. The number of nitrogens with two attached hydrogens (primary N) is 1.